The minimum absolute atomic E-state index is 0.0145. The van der Waals surface area contributed by atoms with Crippen molar-refractivity contribution in [1.82, 2.24) is 15.6 Å². The van der Waals surface area contributed by atoms with Crippen LogP contribution >= 0.6 is 11.3 Å². The molecule has 3 N–H and O–H groups in total. The van der Waals surface area contributed by atoms with Crippen molar-refractivity contribution in [2.75, 3.05) is 13.2 Å². The summed E-state index contributed by atoms with van der Waals surface area (Å²) in [5.41, 5.74) is 1.07. The van der Waals surface area contributed by atoms with Crippen LogP contribution in [0, 0.1) is 13.8 Å². The van der Waals surface area contributed by atoms with E-state index in [2.05, 4.69) is 15.6 Å². The Morgan fingerprint density at radius 3 is 2.78 bits per heavy atom. The Morgan fingerprint density at radius 1 is 1.50 bits per heavy atom. The first-order chi connectivity index (χ1) is 8.52. The van der Waals surface area contributed by atoms with E-state index in [0.29, 0.717) is 13.0 Å². The van der Waals surface area contributed by atoms with E-state index in [9.17, 15) is 4.79 Å². The highest BCUT2D eigenvalue weighted by Gasteiger charge is 2.07. The van der Waals surface area contributed by atoms with Crippen LogP contribution in [0.3, 0.4) is 0 Å². The second-order valence-corrected chi connectivity index (χ2v) is 5.60. The number of hydrogen-bond acceptors (Lipinski definition) is 4. The molecule has 0 aliphatic heterocycles. The van der Waals surface area contributed by atoms with Crippen LogP contribution in [0.15, 0.2) is 0 Å². The molecular weight excluding hydrogens is 250 g/mol. The van der Waals surface area contributed by atoms with Gasteiger partial charge >= 0.3 is 6.03 Å². The number of aliphatic hydroxyl groups excluding tert-OH is 1. The van der Waals surface area contributed by atoms with Crippen molar-refractivity contribution in [3.63, 3.8) is 0 Å². The molecule has 0 aliphatic rings. The molecule has 0 fully saturated rings. The molecule has 0 unspecified atom stereocenters. The largest absolute Gasteiger partial charge is 0.396 e. The lowest BCUT2D eigenvalue weighted by Gasteiger charge is -2.12. The molecule has 1 aromatic rings. The summed E-state index contributed by atoms with van der Waals surface area (Å²) in [7, 11) is 0. The number of amides is 2. The summed E-state index contributed by atoms with van der Waals surface area (Å²) in [6.07, 6.45) is 1.32. The van der Waals surface area contributed by atoms with Gasteiger partial charge in [0.2, 0.25) is 0 Å². The van der Waals surface area contributed by atoms with Crippen LogP contribution in [0.25, 0.3) is 0 Å². The summed E-state index contributed by atoms with van der Waals surface area (Å²) in [6, 6.07) is -0.208. The van der Waals surface area contributed by atoms with Gasteiger partial charge in [0.1, 0.15) is 0 Å². The first-order valence-corrected chi connectivity index (χ1v) is 6.92. The summed E-state index contributed by atoms with van der Waals surface area (Å²) in [5.74, 6) is 0. The Bertz CT molecular complexity index is 373. The number of hydrogen-bond donors (Lipinski definition) is 3. The second kappa shape index (κ2) is 7.33. The molecule has 0 bridgehead atoms. The zero-order valence-electron chi connectivity index (χ0n) is 11.1. The maximum absolute atomic E-state index is 11.5. The van der Waals surface area contributed by atoms with Crippen molar-refractivity contribution in [1.29, 1.82) is 0 Å². The summed E-state index contributed by atoms with van der Waals surface area (Å²) in [5, 5.41) is 15.3. The third-order valence-corrected chi connectivity index (χ3v) is 3.77. The lowest BCUT2D eigenvalue weighted by atomic mass is 10.2. The Kier molecular flexibility index (Phi) is 6.07. The van der Waals surface area contributed by atoms with Gasteiger partial charge in [0, 0.05) is 30.5 Å². The lowest BCUT2D eigenvalue weighted by molar-refractivity contribution is 0.231. The summed E-state index contributed by atoms with van der Waals surface area (Å²) >= 11 is 1.67. The predicted molar refractivity (Wildman–Crippen MR) is 73.0 cm³/mol. The molecule has 0 radical (unpaired) electrons. The molecule has 1 rings (SSSR count). The van der Waals surface area contributed by atoms with Gasteiger partial charge in [0.15, 0.2) is 0 Å². The number of thiazole rings is 1. The smallest absolute Gasteiger partial charge is 0.315 e. The van der Waals surface area contributed by atoms with E-state index in [1.165, 1.54) is 4.88 Å². The van der Waals surface area contributed by atoms with E-state index in [-0.39, 0.29) is 18.7 Å². The van der Waals surface area contributed by atoms with Crippen molar-refractivity contribution >= 4 is 17.4 Å². The van der Waals surface area contributed by atoms with Crippen molar-refractivity contribution in [2.45, 2.75) is 39.7 Å². The van der Waals surface area contributed by atoms with Gasteiger partial charge in [-0.05, 0) is 27.2 Å². The van der Waals surface area contributed by atoms with Crippen LogP contribution in [0.5, 0.6) is 0 Å². The quantitative estimate of drug-likeness (QED) is 0.731. The SMILES string of the molecule is Cc1nc(CCNC(=O)N[C@H](C)CCO)sc1C. The number of rotatable bonds is 6. The molecule has 0 aromatic carbocycles. The molecule has 1 heterocycles. The zero-order valence-corrected chi connectivity index (χ0v) is 11.9. The Morgan fingerprint density at radius 2 is 2.22 bits per heavy atom. The van der Waals surface area contributed by atoms with Gasteiger partial charge in [-0.1, -0.05) is 0 Å². The Hall–Kier alpha value is -1.14. The molecule has 0 saturated carbocycles. The lowest BCUT2D eigenvalue weighted by Crippen LogP contribution is -2.41. The topological polar surface area (TPSA) is 74.2 Å². The van der Waals surface area contributed by atoms with Crippen LogP contribution in [0.1, 0.15) is 28.9 Å². The molecular formula is C12H21N3O2S. The first-order valence-electron chi connectivity index (χ1n) is 6.11. The maximum Gasteiger partial charge on any atom is 0.315 e. The van der Waals surface area contributed by atoms with Gasteiger partial charge in [-0.2, -0.15) is 0 Å². The van der Waals surface area contributed by atoms with Crippen LogP contribution in [0.4, 0.5) is 4.79 Å². The van der Waals surface area contributed by atoms with E-state index in [1.807, 2.05) is 20.8 Å². The monoisotopic (exact) mass is 271 g/mol. The van der Waals surface area contributed by atoms with Crippen LogP contribution in [0.2, 0.25) is 0 Å². The van der Waals surface area contributed by atoms with E-state index in [4.69, 9.17) is 5.11 Å². The number of aromatic nitrogens is 1. The van der Waals surface area contributed by atoms with Crippen LogP contribution in [-0.2, 0) is 6.42 Å². The molecule has 2 amide bonds. The first kappa shape index (κ1) is 14.9. The standard InChI is InChI=1S/C12H21N3O2S/c1-8(5-7-16)14-12(17)13-6-4-11-15-9(2)10(3)18-11/h8,16H,4-7H2,1-3H3,(H2,13,14,17)/t8-/m1/s1. The van der Waals surface area contributed by atoms with Crippen LogP contribution < -0.4 is 10.6 Å². The van der Waals surface area contributed by atoms with Gasteiger partial charge in [0.05, 0.1) is 10.7 Å². The number of aliphatic hydroxyl groups is 1. The molecule has 18 heavy (non-hydrogen) atoms. The van der Waals surface area contributed by atoms with Crippen LogP contribution in [-0.4, -0.2) is 35.3 Å². The zero-order chi connectivity index (χ0) is 13.5. The summed E-state index contributed by atoms with van der Waals surface area (Å²) < 4.78 is 0. The molecule has 0 aliphatic carbocycles. The third-order valence-electron chi connectivity index (χ3n) is 2.64. The molecule has 5 nitrogen and oxygen atoms in total. The molecule has 102 valence electrons. The molecule has 0 spiro atoms. The number of carbonyl (C=O) groups is 1. The number of aryl methyl sites for hydroxylation is 2. The average molecular weight is 271 g/mol. The predicted octanol–water partition coefficient (Wildman–Crippen LogP) is 1.37. The number of nitrogens with zero attached hydrogens (tertiary/aromatic N) is 1. The number of nitrogens with one attached hydrogen (secondary N) is 2. The molecule has 1 aromatic heterocycles. The number of carbonyl (C=O) groups excluding carboxylic acids is 1. The maximum atomic E-state index is 11.5. The summed E-state index contributed by atoms with van der Waals surface area (Å²) in [4.78, 5) is 17.1. The minimum Gasteiger partial charge on any atom is -0.396 e. The van der Waals surface area contributed by atoms with E-state index in [0.717, 1.165) is 17.1 Å². The number of urea groups is 1. The highest BCUT2D eigenvalue weighted by Crippen LogP contribution is 2.16. The van der Waals surface area contributed by atoms with Crippen molar-refractivity contribution in [3.05, 3.63) is 15.6 Å². The van der Waals surface area contributed by atoms with Crippen molar-refractivity contribution in [2.24, 2.45) is 0 Å². The van der Waals surface area contributed by atoms with E-state index >= 15 is 0 Å². The van der Waals surface area contributed by atoms with E-state index in [1.54, 1.807) is 11.3 Å². The fourth-order valence-corrected chi connectivity index (χ4v) is 2.40. The van der Waals surface area contributed by atoms with E-state index < -0.39 is 0 Å². The van der Waals surface area contributed by atoms with Gasteiger partial charge in [0.25, 0.3) is 0 Å². The molecule has 1 atom stereocenters. The highest BCUT2D eigenvalue weighted by atomic mass is 32.1. The van der Waals surface area contributed by atoms with Crippen molar-refractivity contribution in [3.8, 4) is 0 Å². The average Bonchev–Trinajstić information content (AvgIpc) is 2.58. The molecule has 0 saturated heterocycles. The highest BCUT2D eigenvalue weighted by molar-refractivity contribution is 7.11. The van der Waals surface area contributed by atoms with Gasteiger partial charge < -0.3 is 15.7 Å². The van der Waals surface area contributed by atoms with Gasteiger partial charge in [-0.15, -0.1) is 11.3 Å². The fourth-order valence-electron chi connectivity index (χ4n) is 1.47. The van der Waals surface area contributed by atoms with Gasteiger partial charge in [-0.3, -0.25) is 0 Å². The fraction of sp³-hybridized carbons (Fsp3) is 0.667. The second-order valence-electron chi connectivity index (χ2n) is 4.31. The third kappa shape index (κ3) is 5.01. The van der Waals surface area contributed by atoms with Crippen molar-refractivity contribution < 1.29 is 9.90 Å². The molecule has 6 heteroatoms. The summed E-state index contributed by atoms with van der Waals surface area (Å²) in [6.45, 7) is 6.56. The Labute approximate surface area is 112 Å². The Balaban J connectivity index is 2.23. The normalized spacial score (nSPS) is 12.2. The van der Waals surface area contributed by atoms with Gasteiger partial charge in [-0.25, -0.2) is 9.78 Å². The minimum atomic E-state index is -0.194.